The first-order valence-corrected chi connectivity index (χ1v) is 10.1. The third kappa shape index (κ3) is 8.48. The van der Waals surface area contributed by atoms with Crippen molar-refractivity contribution in [2.45, 2.75) is 70.2 Å². The van der Waals surface area contributed by atoms with Crippen LogP contribution in [0, 0.1) is 0 Å². The fraction of sp³-hybridized carbons (Fsp3) is 1.00. The van der Waals surface area contributed by atoms with Crippen molar-refractivity contribution in [1.82, 2.24) is 0 Å². The summed E-state index contributed by atoms with van der Waals surface area (Å²) in [5, 5.41) is 0. The molecule has 0 aromatic carbocycles. The van der Waals surface area contributed by atoms with Gasteiger partial charge in [-0.25, -0.2) is 39.2 Å². The monoisotopic (exact) mass is 471 g/mol. The van der Waals surface area contributed by atoms with Gasteiger partial charge in [-0.2, -0.15) is 8.78 Å². The lowest BCUT2D eigenvalue weighted by atomic mass is 10.0. The van der Waals surface area contributed by atoms with Crippen molar-refractivity contribution in [3.63, 3.8) is 0 Å². The van der Waals surface area contributed by atoms with Crippen molar-refractivity contribution in [2.24, 2.45) is 0 Å². The molecule has 178 valence electrons. The average Bonchev–Trinajstić information content (AvgIpc) is 2.66. The van der Waals surface area contributed by atoms with E-state index in [0.717, 1.165) is 0 Å². The first-order chi connectivity index (χ1) is 13.0. The van der Waals surface area contributed by atoms with Gasteiger partial charge >= 0.3 is 5.92 Å². The Morgan fingerprint density at radius 2 is 1.10 bits per heavy atom. The molecule has 0 N–H and O–H groups in total. The summed E-state index contributed by atoms with van der Waals surface area (Å²) in [6, 6.07) is 0. The lowest BCUT2D eigenvalue weighted by molar-refractivity contribution is -0.921. The summed E-state index contributed by atoms with van der Waals surface area (Å²) in [6.45, 7) is 14.2. The minimum Gasteiger partial charge on any atom is -0.746 e. The molecule has 0 aromatic heterocycles. The van der Waals surface area contributed by atoms with Crippen LogP contribution in [0.25, 0.3) is 0 Å². The van der Waals surface area contributed by atoms with Crippen molar-refractivity contribution in [3.8, 4) is 0 Å². The van der Waals surface area contributed by atoms with Crippen LogP contribution in [0.1, 0.15) is 27.7 Å². The Bertz CT molecular complexity index is 544. The van der Waals surface area contributed by atoms with E-state index in [1.165, 1.54) is 30.7 Å². The largest absolute Gasteiger partial charge is 0.746 e. The topological polar surface area (TPSA) is 57.2 Å². The summed E-state index contributed by atoms with van der Waals surface area (Å²) < 4.78 is 143. The minimum atomic E-state index is -6.44. The number of halogens is 9. The fourth-order valence-electron chi connectivity index (χ4n) is 2.35. The molecular formula is C15H26F9NO3S. The van der Waals surface area contributed by atoms with Crippen molar-refractivity contribution in [2.75, 3.05) is 26.2 Å². The smallest absolute Gasteiger partial charge is 0.325 e. The zero-order chi connectivity index (χ0) is 23.8. The van der Waals surface area contributed by atoms with Crippen LogP contribution in [0.15, 0.2) is 0 Å². The average molecular weight is 471 g/mol. The zero-order valence-electron chi connectivity index (χ0n) is 16.3. The Hall–Kier alpha value is -0.760. The SMILES string of the molecule is CC[N+](CC)(CC)CC.O=S(=O)([O-])C(F)C(F)(F)C(F)C(F)C(F)C(F)C(F)F. The highest BCUT2D eigenvalue weighted by Crippen LogP contribution is 2.36. The predicted molar refractivity (Wildman–Crippen MR) is 87.6 cm³/mol. The quantitative estimate of drug-likeness (QED) is 0.260. The third-order valence-corrected chi connectivity index (χ3v) is 5.56. The molecule has 0 amide bonds. The van der Waals surface area contributed by atoms with Crippen LogP contribution in [0.5, 0.6) is 0 Å². The maximum Gasteiger partial charge on any atom is 0.325 e. The van der Waals surface area contributed by atoms with E-state index < -0.39 is 52.7 Å². The highest BCUT2D eigenvalue weighted by molar-refractivity contribution is 7.86. The van der Waals surface area contributed by atoms with Crippen molar-refractivity contribution in [1.29, 1.82) is 0 Å². The van der Waals surface area contributed by atoms with Gasteiger partial charge in [0.1, 0.15) is 10.1 Å². The second-order valence-corrected chi connectivity index (χ2v) is 7.56. The Morgan fingerprint density at radius 1 is 0.759 bits per heavy atom. The molecule has 0 saturated carbocycles. The Labute approximate surface area is 164 Å². The lowest BCUT2D eigenvalue weighted by Crippen LogP contribution is -2.52. The van der Waals surface area contributed by atoms with E-state index in [1.807, 2.05) is 0 Å². The molecule has 5 unspecified atom stereocenters. The van der Waals surface area contributed by atoms with Crippen molar-refractivity contribution < 1.29 is 57.0 Å². The van der Waals surface area contributed by atoms with Crippen LogP contribution in [-0.2, 0) is 10.1 Å². The predicted octanol–water partition coefficient (Wildman–Crippen LogP) is 3.96. The fourth-order valence-corrected chi connectivity index (χ4v) is 2.86. The molecule has 0 rings (SSSR count). The van der Waals surface area contributed by atoms with Crippen LogP contribution in [-0.4, -0.2) is 86.2 Å². The van der Waals surface area contributed by atoms with E-state index >= 15 is 0 Å². The Balaban J connectivity index is 0. The molecule has 5 atom stereocenters. The zero-order valence-corrected chi connectivity index (χ0v) is 17.1. The summed E-state index contributed by atoms with van der Waals surface area (Å²) in [5.41, 5.74) is -4.79. The van der Waals surface area contributed by atoms with E-state index in [0.29, 0.717) is 0 Å². The summed E-state index contributed by atoms with van der Waals surface area (Å²) in [5.74, 6) is -5.88. The highest BCUT2D eigenvalue weighted by Gasteiger charge is 2.58. The van der Waals surface area contributed by atoms with Gasteiger partial charge in [0.15, 0.2) is 18.5 Å². The summed E-state index contributed by atoms with van der Waals surface area (Å²) in [6.07, 6.45) is -21.3. The summed E-state index contributed by atoms with van der Waals surface area (Å²) in [4.78, 5) is 0. The van der Waals surface area contributed by atoms with E-state index in [9.17, 15) is 52.5 Å². The Kier molecular flexibility index (Phi) is 12.8. The van der Waals surface area contributed by atoms with Crippen molar-refractivity contribution >= 4 is 10.1 Å². The van der Waals surface area contributed by atoms with Gasteiger partial charge < -0.3 is 9.04 Å². The molecule has 0 fully saturated rings. The summed E-state index contributed by atoms with van der Waals surface area (Å²) in [7, 11) is -6.44. The maximum absolute atomic E-state index is 12.8. The van der Waals surface area contributed by atoms with Crippen molar-refractivity contribution in [3.05, 3.63) is 0 Å². The molecule has 0 heterocycles. The van der Waals surface area contributed by atoms with Gasteiger partial charge in [-0.05, 0) is 27.7 Å². The second kappa shape index (κ2) is 12.2. The number of rotatable bonds is 11. The number of hydrogen-bond acceptors (Lipinski definition) is 3. The number of alkyl halides is 9. The molecule has 0 bridgehead atoms. The van der Waals surface area contributed by atoms with Crippen LogP contribution in [0.2, 0.25) is 0 Å². The normalized spacial score (nSPS) is 18.4. The molecule has 0 aliphatic carbocycles. The molecule has 0 aliphatic rings. The first kappa shape index (κ1) is 30.4. The molecule has 0 aromatic rings. The van der Waals surface area contributed by atoms with Crippen LogP contribution >= 0.6 is 0 Å². The lowest BCUT2D eigenvalue weighted by Gasteiger charge is -2.34. The Morgan fingerprint density at radius 3 is 1.31 bits per heavy atom. The maximum atomic E-state index is 12.8. The number of hydrogen-bond donors (Lipinski definition) is 0. The van der Waals surface area contributed by atoms with Gasteiger partial charge in [0.25, 0.3) is 11.9 Å². The first-order valence-electron chi connectivity index (χ1n) is 8.65. The van der Waals surface area contributed by atoms with Crippen LogP contribution in [0.3, 0.4) is 0 Å². The molecular weight excluding hydrogens is 445 g/mol. The van der Waals surface area contributed by atoms with Gasteiger partial charge in [-0.3, -0.25) is 0 Å². The molecule has 0 aliphatic heterocycles. The molecule has 0 radical (unpaired) electrons. The van der Waals surface area contributed by atoms with Gasteiger partial charge in [-0.15, -0.1) is 0 Å². The van der Waals surface area contributed by atoms with Gasteiger partial charge in [-0.1, -0.05) is 0 Å². The molecule has 29 heavy (non-hydrogen) atoms. The van der Waals surface area contributed by atoms with E-state index in [2.05, 4.69) is 27.7 Å². The van der Waals surface area contributed by atoms with E-state index in [4.69, 9.17) is 0 Å². The van der Waals surface area contributed by atoms with Crippen LogP contribution < -0.4 is 0 Å². The van der Waals surface area contributed by atoms with Crippen LogP contribution in [0.4, 0.5) is 39.5 Å². The standard InChI is InChI=1S/C8H20N.C7H7F9O3S/c1-5-9(6-2,7-3)8-4;8-1(3(10)5(12)13)2(9)4(11)7(15,16)6(14)20(17,18)19/h5-8H2,1-4H3;1-6H,(H,17,18,19)/q+1;/p-1. The number of nitrogens with zero attached hydrogens (tertiary/aromatic N) is 1. The highest BCUT2D eigenvalue weighted by atomic mass is 32.2. The molecule has 0 saturated heterocycles. The molecule has 14 heteroatoms. The third-order valence-electron chi connectivity index (χ3n) is 4.74. The molecule has 4 nitrogen and oxygen atoms in total. The van der Waals surface area contributed by atoms with E-state index in [-0.39, 0.29) is 0 Å². The second-order valence-electron chi connectivity index (χ2n) is 6.16. The minimum absolute atomic E-state index is 1.28. The molecule has 0 spiro atoms. The van der Waals surface area contributed by atoms with Gasteiger partial charge in [0, 0.05) is 0 Å². The number of quaternary nitrogens is 1. The van der Waals surface area contributed by atoms with E-state index in [1.54, 1.807) is 0 Å². The van der Waals surface area contributed by atoms with Gasteiger partial charge in [0.2, 0.25) is 6.17 Å². The summed E-state index contributed by atoms with van der Waals surface area (Å²) >= 11 is 0. The van der Waals surface area contributed by atoms with Gasteiger partial charge in [0.05, 0.1) is 26.2 Å².